The molecule has 1 N–H and O–H groups in total. The monoisotopic (exact) mass is 253 g/mol. The number of carboxylic acid groups (broad SMARTS) is 1. The molecule has 102 valence electrons. The van der Waals surface area contributed by atoms with E-state index in [1.807, 2.05) is 26.8 Å². The molecule has 4 heteroatoms. The molecule has 0 unspecified atom stereocenters. The highest BCUT2D eigenvalue weighted by Gasteiger charge is 2.29. The lowest BCUT2D eigenvalue weighted by atomic mass is 9.91. The first-order chi connectivity index (χ1) is 8.31. The van der Waals surface area contributed by atoms with Gasteiger partial charge in [-0.25, -0.2) is 4.79 Å². The average molecular weight is 253 g/mol. The molecule has 0 saturated carbocycles. The smallest absolute Gasteiger partial charge is 0.330 e. The average Bonchev–Trinajstić information content (AvgIpc) is 2.12. The van der Waals surface area contributed by atoms with E-state index in [0.717, 1.165) is 19.3 Å². The van der Waals surface area contributed by atoms with Gasteiger partial charge in [-0.3, -0.25) is 4.79 Å². The molecule has 1 amide bonds. The van der Waals surface area contributed by atoms with Crippen molar-refractivity contribution in [2.75, 3.05) is 6.54 Å². The van der Waals surface area contributed by atoms with Crippen LogP contribution in [0.2, 0.25) is 0 Å². The molecule has 0 aromatic heterocycles. The molecular formula is C14H23NO3. The summed E-state index contributed by atoms with van der Waals surface area (Å²) in [6, 6.07) is -0.805. The standard InChI is InChI=1S/C14H23NO3/c1-14(2,3)10-12(16)15-9-7-5-4-6-8-11(15)13(17)18/h6,8,11H,4-5,7,9-10H2,1-3H3,(H,17,18)/b8-6+/t11-/m0/s1. The van der Waals surface area contributed by atoms with Crippen molar-refractivity contribution >= 4 is 11.9 Å². The Balaban J connectivity index is 2.85. The van der Waals surface area contributed by atoms with Crippen LogP contribution in [0.3, 0.4) is 0 Å². The topological polar surface area (TPSA) is 57.6 Å². The molecule has 1 rings (SSSR count). The molecule has 0 bridgehead atoms. The third kappa shape index (κ3) is 4.51. The fourth-order valence-corrected chi connectivity index (χ4v) is 2.06. The van der Waals surface area contributed by atoms with Crippen LogP contribution in [0.5, 0.6) is 0 Å². The second-order valence-corrected chi connectivity index (χ2v) is 6.03. The SMILES string of the molecule is CC(C)(C)CC(=O)N1CCCC/C=C/[C@H]1C(=O)O. The van der Waals surface area contributed by atoms with Gasteiger partial charge in [0.25, 0.3) is 0 Å². The minimum atomic E-state index is -0.949. The summed E-state index contributed by atoms with van der Waals surface area (Å²) < 4.78 is 0. The van der Waals surface area contributed by atoms with E-state index >= 15 is 0 Å². The summed E-state index contributed by atoms with van der Waals surface area (Å²) in [5.74, 6) is -1.02. The van der Waals surface area contributed by atoms with E-state index in [9.17, 15) is 14.7 Å². The Bertz CT molecular complexity index is 341. The van der Waals surface area contributed by atoms with Gasteiger partial charge in [0.05, 0.1) is 0 Å². The Morgan fingerprint density at radius 1 is 1.33 bits per heavy atom. The summed E-state index contributed by atoms with van der Waals surface area (Å²) >= 11 is 0. The molecule has 1 atom stereocenters. The molecule has 0 saturated heterocycles. The van der Waals surface area contributed by atoms with E-state index in [0.29, 0.717) is 13.0 Å². The first-order valence-corrected chi connectivity index (χ1v) is 6.50. The van der Waals surface area contributed by atoms with Gasteiger partial charge in [-0.2, -0.15) is 0 Å². The summed E-state index contributed by atoms with van der Waals surface area (Å²) in [5, 5.41) is 9.23. The van der Waals surface area contributed by atoms with Crippen molar-refractivity contribution in [1.29, 1.82) is 0 Å². The summed E-state index contributed by atoms with van der Waals surface area (Å²) in [6.07, 6.45) is 6.65. The number of amides is 1. The van der Waals surface area contributed by atoms with Gasteiger partial charge in [0, 0.05) is 13.0 Å². The normalized spacial score (nSPS) is 23.1. The second kappa shape index (κ2) is 6.03. The van der Waals surface area contributed by atoms with E-state index < -0.39 is 12.0 Å². The van der Waals surface area contributed by atoms with Gasteiger partial charge in [0.15, 0.2) is 0 Å². The van der Waals surface area contributed by atoms with E-state index in [1.54, 1.807) is 6.08 Å². The fourth-order valence-electron chi connectivity index (χ4n) is 2.06. The van der Waals surface area contributed by atoms with Gasteiger partial charge >= 0.3 is 5.97 Å². The minimum absolute atomic E-state index is 0.0681. The van der Waals surface area contributed by atoms with Crippen LogP contribution >= 0.6 is 0 Å². The Morgan fingerprint density at radius 3 is 2.56 bits per heavy atom. The van der Waals surface area contributed by atoms with Crippen LogP contribution in [0, 0.1) is 5.41 Å². The molecule has 0 aliphatic carbocycles. The van der Waals surface area contributed by atoms with Crippen molar-refractivity contribution in [3.05, 3.63) is 12.2 Å². The maximum atomic E-state index is 12.2. The highest BCUT2D eigenvalue weighted by Crippen LogP contribution is 2.22. The van der Waals surface area contributed by atoms with Gasteiger partial charge in [-0.05, 0) is 24.7 Å². The maximum Gasteiger partial charge on any atom is 0.330 e. The Hall–Kier alpha value is -1.32. The zero-order valence-electron chi connectivity index (χ0n) is 11.5. The first kappa shape index (κ1) is 14.7. The molecule has 0 radical (unpaired) electrons. The lowest BCUT2D eigenvalue weighted by Gasteiger charge is -2.31. The van der Waals surface area contributed by atoms with Crippen LogP contribution in [0.1, 0.15) is 46.5 Å². The Kier molecular flexibility index (Phi) is 4.93. The van der Waals surface area contributed by atoms with Gasteiger partial charge in [-0.15, -0.1) is 0 Å². The molecule has 1 heterocycles. The van der Waals surface area contributed by atoms with Crippen molar-refractivity contribution in [2.45, 2.75) is 52.5 Å². The van der Waals surface area contributed by atoms with Gasteiger partial charge in [0.1, 0.15) is 6.04 Å². The molecule has 0 aromatic carbocycles. The number of carbonyl (C=O) groups excluding carboxylic acids is 1. The third-order valence-corrected chi connectivity index (χ3v) is 2.93. The lowest BCUT2D eigenvalue weighted by molar-refractivity contribution is -0.149. The molecule has 0 spiro atoms. The van der Waals surface area contributed by atoms with Gasteiger partial charge in [0.2, 0.25) is 5.91 Å². The predicted octanol–water partition coefficient (Wildman–Crippen LogP) is 2.44. The number of carbonyl (C=O) groups is 2. The van der Waals surface area contributed by atoms with Gasteiger partial charge in [-0.1, -0.05) is 32.9 Å². The van der Waals surface area contributed by atoms with Crippen molar-refractivity contribution in [3.8, 4) is 0 Å². The molecule has 1 aliphatic rings. The number of nitrogens with zero attached hydrogens (tertiary/aromatic N) is 1. The first-order valence-electron chi connectivity index (χ1n) is 6.50. The molecule has 0 fully saturated rings. The third-order valence-electron chi connectivity index (χ3n) is 2.93. The largest absolute Gasteiger partial charge is 0.479 e. The highest BCUT2D eigenvalue weighted by atomic mass is 16.4. The molecule has 1 aliphatic heterocycles. The summed E-state index contributed by atoms with van der Waals surface area (Å²) in [4.78, 5) is 25.0. The Labute approximate surface area is 109 Å². The second-order valence-electron chi connectivity index (χ2n) is 6.03. The fraction of sp³-hybridized carbons (Fsp3) is 0.714. The van der Waals surface area contributed by atoms with Crippen molar-refractivity contribution in [2.24, 2.45) is 5.41 Å². The van der Waals surface area contributed by atoms with Crippen LogP contribution < -0.4 is 0 Å². The minimum Gasteiger partial charge on any atom is -0.479 e. The van der Waals surface area contributed by atoms with Crippen LogP contribution in [-0.4, -0.2) is 34.5 Å². The summed E-state index contributed by atoms with van der Waals surface area (Å²) in [5.41, 5.74) is -0.119. The number of hydrogen-bond donors (Lipinski definition) is 1. The number of carboxylic acids is 1. The molecular weight excluding hydrogens is 230 g/mol. The van der Waals surface area contributed by atoms with Crippen LogP contribution in [0.25, 0.3) is 0 Å². The van der Waals surface area contributed by atoms with E-state index in [2.05, 4.69) is 0 Å². The molecule has 18 heavy (non-hydrogen) atoms. The predicted molar refractivity (Wildman–Crippen MR) is 70.2 cm³/mol. The highest BCUT2D eigenvalue weighted by molar-refractivity contribution is 5.85. The van der Waals surface area contributed by atoms with Crippen LogP contribution in [0.4, 0.5) is 0 Å². The maximum absolute atomic E-state index is 12.2. The van der Waals surface area contributed by atoms with Crippen molar-refractivity contribution in [3.63, 3.8) is 0 Å². The van der Waals surface area contributed by atoms with Crippen LogP contribution in [-0.2, 0) is 9.59 Å². The van der Waals surface area contributed by atoms with Crippen molar-refractivity contribution in [1.82, 2.24) is 4.90 Å². The zero-order valence-corrected chi connectivity index (χ0v) is 11.5. The zero-order chi connectivity index (χ0) is 13.8. The van der Waals surface area contributed by atoms with Gasteiger partial charge < -0.3 is 10.0 Å². The Morgan fingerprint density at radius 2 is 2.00 bits per heavy atom. The number of rotatable bonds is 2. The summed E-state index contributed by atoms with van der Waals surface area (Å²) in [7, 11) is 0. The number of hydrogen-bond acceptors (Lipinski definition) is 2. The van der Waals surface area contributed by atoms with E-state index in [1.165, 1.54) is 4.90 Å². The lowest BCUT2D eigenvalue weighted by Crippen LogP contribution is -2.45. The van der Waals surface area contributed by atoms with E-state index in [-0.39, 0.29) is 11.3 Å². The van der Waals surface area contributed by atoms with E-state index in [4.69, 9.17) is 0 Å². The molecule has 0 aromatic rings. The van der Waals surface area contributed by atoms with Crippen molar-refractivity contribution < 1.29 is 14.7 Å². The number of aliphatic carboxylic acids is 1. The molecule has 4 nitrogen and oxygen atoms in total. The summed E-state index contributed by atoms with van der Waals surface area (Å²) in [6.45, 7) is 6.50. The van der Waals surface area contributed by atoms with Crippen LogP contribution in [0.15, 0.2) is 12.2 Å². The number of allylic oxidation sites excluding steroid dienone is 1. The quantitative estimate of drug-likeness (QED) is 0.769.